The van der Waals surface area contributed by atoms with E-state index < -0.39 is 39.1 Å². The summed E-state index contributed by atoms with van der Waals surface area (Å²) in [5.41, 5.74) is 0. The Balaban J connectivity index is 4.46. The summed E-state index contributed by atoms with van der Waals surface area (Å²) in [6, 6.07) is 0. The summed E-state index contributed by atoms with van der Waals surface area (Å²) in [4.78, 5) is 42.5. The molecular formula is C47H69O8P. The maximum Gasteiger partial charge on any atom is 0.469 e. The van der Waals surface area contributed by atoms with Gasteiger partial charge in [-0.3, -0.25) is 4.52 Å². The lowest BCUT2D eigenvalue weighted by molar-refractivity contribution is -0.154. The molecule has 0 heterocycles. The summed E-state index contributed by atoms with van der Waals surface area (Å²) in [5, 5.41) is 0. The largest absolute Gasteiger partial charge is 0.469 e. The predicted octanol–water partition coefficient (Wildman–Crippen LogP) is 12.5. The molecule has 56 heavy (non-hydrogen) atoms. The third-order valence-corrected chi connectivity index (χ3v) is 8.29. The van der Waals surface area contributed by atoms with Gasteiger partial charge in [0.15, 0.2) is 6.10 Å². The quantitative estimate of drug-likeness (QED) is 0.0217. The summed E-state index contributed by atoms with van der Waals surface area (Å²) in [6.45, 7) is 3.34. The molecule has 0 aliphatic heterocycles. The van der Waals surface area contributed by atoms with Crippen LogP contribution < -0.4 is 0 Å². The number of phosphoric ester groups is 1. The maximum absolute atomic E-state index is 12.2. The minimum atomic E-state index is -4.84. The Morgan fingerprint density at radius 3 is 1.20 bits per heavy atom. The molecule has 0 aliphatic rings. The molecular weight excluding hydrogens is 723 g/mol. The third-order valence-electron chi connectivity index (χ3n) is 7.81. The molecule has 0 bridgehead atoms. The van der Waals surface area contributed by atoms with Crippen molar-refractivity contribution >= 4 is 19.8 Å². The Morgan fingerprint density at radius 2 is 0.804 bits per heavy atom. The van der Waals surface area contributed by atoms with E-state index in [9.17, 15) is 14.2 Å². The van der Waals surface area contributed by atoms with Crippen molar-refractivity contribution in [3.05, 3.63) is 146 Å². The number of carbonyl (C=O) groups excluding carboxylic acids is 2. The molecule has 1 unspecified atom stereocenters. The number of carbonyl (C=O) groups is 2. The van der Waals surface area contributed by atoms with Crippen LogP contribution in [-0.4, -0.2) is 41.0 Å². The van der Waals surface area contributed by atoms with Gasteiger partial charge in [0.1, 0.15) is 6.61 Å². The van der Waals surface area contributed by atoms with Gasteiger partial charge in [-0.25, -0.2) is 14.2 Å². The molecule has 0 aromatic carbocycles. The molecule has 1 atom stereocenters. The SMILES string of the molecule is CCCCCCCCC/C=C/C=C/C=C/C=C/C=C/C=C/C(=O)OCC(COP(=O)(O)O)OC(=O)/C=C/C=C/C=C/C=C/C=C/C=C/CCCCCCCCC. The molecule has 0 amide bonds. The Kier molecular flexibility index (Phi) is 37.6. The normalized spacial score (nSPS) is 14.0. The topological polar surface area (TPSA) is 119 Å². The number of hydrogen-bond acceptors (Lipinski definition) is 6. The summed E-state index contributed by atoms with van der Waals surface area (Å²) in [7, 11) is -4.84. The number of hydrogen-bond donors (Lipinski definition) is 2. The van der Waals surface area contributed by atoms with Crippen molar-refractivity contribution < 1.29 is 37.9 Å². The van der Waals surface area contributed by atoms with Crippen LogP contribution in [0.25, 0.3) is 0 Å². The van der Waals surface area contributed by atoms with Gasteiger partial charge in [-0.1, -0.05) is 225 Å². The van der Waals surface area contributed by atoms with Gasteiger partial charge in [0.25, 0.3) is 0 Å². The van der Waals surface area contributed by atoms with Crippen molar-refractivity contribution in [2.45, 2.75) is 123 Å². The first-order valence-corrected chi connectivity index (χ1v) is 21.9. The molecule has 0 fully saturated rings. The summed E-state index contributed by atoms with van der Waals surface area (Å²) < 4.78 is 25.9. The van der Waals surface area contributed by atoms with Gasteiger partial charge < -0.3 is 19.3 Å². The molecule has 0 saturated carbocycles. The van der Waals surface area contributed by atoms with Crippen LogP contribution in [0.15, 0.2) is 146 Å². The smallest absolute Gasteiger partial charge is 0.458 e. The molecule has 0 radical (unpaired) electrons. The number of allylic oxidation sites excluding steroid dienone is 22. The molecule has 2 N–H and O–H groups in total. The monoisotopic (exact) mass is 792 g/mol. The first-order valence-electron chi connectivity index (χ1n) is 20.4. The zero-order chi connectivity index (χ0) is 41.1. The van der Waals surface area contributed by atoms with Crippen LogP contribution in [0.1, 0.15) is 117 Å². The number of unbranched alkanes of at least 4 members (excludes halogenated alkanes) is 14. The average Bonchev–Trinajstić information content (AvgIpc) is 3.17. The van der Waals surface area contributed by atoms with Gasteiger partial charge >= 0.3 is 19.8 Å². The number of esters is 2. The van der Waals surface area contributed by atoms with Gasteiger partial charge in [-0.15, -0.1) is 0 Å². The molecule has 310 valence electrons. The first kappa shape index (κ1) is 51.9. The molecule has 0 spiro atoms. The van der Waals surface area contributed by atoms with Crippen molar-refractivity contribution in [1.82, 2.24) is 0 Å². The van der Waals surface area contributed by atoms with E-state index in [0.717, 1.165) is 18.9 Å². The highest BCUT2D eigenvalue weighted by atomic mass is 31.2. The van der Waals surface area contributed by atoms with Crippen LogP contribution in [0.2, 0.25) is 0 Å². The fraction of sp³-hybridized carbons (Fsp3) is 0.447. The Morgan fingerprint density at radius 1 is 0.464 bits per heavy atom. The van der Waals surface area contributed by atoms with Crippen LogP contribution in [0, 0.1) is 0 Å². The summed E-state index contributed by atoms with van der Waals surface area (Å²) in [6.07, 6.45) is 62.7. The Labute approximate surface area is 338 Å². The zero-order valence-corrected chi connectivity index (χ0v) is 34.8. The molecule has 9 heteroatoms. The third kappa shape index (κ3) is 42.7. The number of ether oxygens (including phenoxy) is 2. The minimum Gasteiger partial charge on any atom is -0.458 e. The molecule has 0 aromatic rings. The van der Waals surface area contributed by atoms with Crippen LogP contribution in [0.3, 0.4) is 0 Å². The van der Waals surface area contributed by atoms with Gasteiger partial charge in [-0.2, -0.15) is 0 Å². The summed E-state index contributed by atoms with van der Waals surface area (Å²) in [5.74, 6) is -1.53. The molecule has 0 aromatic heterocycles. The lowest BCUT2D eigenvalue weighted by Crippen LogP contribution is -2.28. The van der Waals surface area contributed by atoms with Crippen molar-refractivity contribution in [2.75, 3.05) is 13.2 Å². The van der Waals surface area contributed by atoms with Crippen LogP contribution in [0.4, 0.5) is 0 Å². The molecule has 0 aliphatic carbocycles. The van der Waals surface area contributed by atoms with Crippen molar-refractivity contribution in [3.63, 3.8) is 0 Å². The fourth-order valence-electron chi connectivity index (χ4n) is 4.81. The highest BCUT2D eigenvalue weighted by Gasteiger charge is 2.22. The van der Waals surface area contributed by atoms with Crippen LogP contribution >= 0.6 is 7.82 Å². The van der Waals surface area contributed by atoms with E-state index in [1.54, 1.807) is 36.5 Å². The van der Waals surface area contributed by atoms with E-state index in [-0.39, 0.29) is 0 Å². The standard InChI is InChI=1S/C47H69O8P/c1-3-5-7-9-11-13-15-17-19-21-23-25-27-29-31-33-35-37-39-41-46(48)53-43-45(44-54-56(50,51)52)55-47(49)42-40-38-36-34-32-30-28-26-24-22-20-18-16-14-12-10-8-6-4-2/h19-42,45H,3-18,43-44H2,1-2H3,(H2,50,51,52)/b21-19+,22-20+,25-23+,26-24+,29-27+,30-28+,33-31+,34-32+,37-35+,38-36+,41-39+,42-40+. The summed E-state index contributed by atoms with van der Waals surface area (Å²) >= 11 is 0. The lowest BCUT2D eigenvalue weighted by atomic mass is 10.1. The fourth-order valence-corrected chi connectivity index (χ4v) is 5.17. The molecule has 0 saturated heterocycles. The van der Waals surface area contributed by atoms with Gasteiger partial charge in [0.05, 0.1) is 6.61 Å². The molecule has 0 rings (SSSR count). The highest BCUT2D eigenvalue weighted by Crippen LogP contribution is 2.35. The second-order valence-corrected chi connectivity index (χ2v) is 14.2. The second kappa shape index (κ2) is 40.6. The van der Waals surface area contributed by atoms with Crippen LogP contribution in [-0.2, 0) is 28.2 Å². The Bertz CT molecular complexity index is 1400. The van der Waals surface area contributed by atoms with Crippen molar-refractivity contribution in [3.8, 4) is 0 Å². The number of phosphoric acid groups is 1. The van der Waals surface area contributed by atoms with E-state index in [1.807, 2.05) is 60.8 Å². The minimum absolute atomic E-state index is 0.465. The lowest BCUT2D eigenvalue weighted by Gasteiger charge is -2.17. The first-order chi connectivity index (χ1) is 27.3. The van der Waals surface area contributed by atoms with E-state index in [0.29, 0.717) is 0 Å². The van der Waals surface area contributed by atoms with Crippen molar-refractivity contribution in [1.29, 1.82) is 0 Å². The maximum atomic E-state index is 12.2. The zero-order valence-electron chi connectivity index (χ0n) is 34.0. The second-order valence-electron chi connectivity index (χ2n) is 12.9. The number of rotatable bonds is 34. The molecule has 8 nitrogen and oxygen atoms in total. The van der Waals surface area contributed by atoms with Gasteiger partial charge in [-0.05, 0) is 25.7 Å². The average molecular weight is 793 g/mol. The predicted molar refractivity (Wildman–Crippen MR) is 234 cm³/mol. The van der Waals surface area contributed by atoms with E-state index in [1.165, 1.54) is 108 Å². The van der Waals surface area contributed by atoms with Gasteiger partial charge in [0, 0.05) is 12.2 Å². The Hall–Kier alpha value is -4.07. The van der Waals surface area contributed by atoms with E-state index >= 15 is 0 Å². The van der Waals surface area contributed by atoms with E-state index in [2.05, 4.69) is 42.7 Å². The van der Waals surface area contributed by atoms with E-state index in [4.69, 9.17) is 19.3 Å². The van der Waals surface area contributed by atoms with Crippen LogP contribution in [0.5, 0.6) is 0 Å². The van der Waals surface area contributed by atoms with Crippen molar-refractivity contribution in [2.24, 2.45) is 0 Å². The highest BCUT2D eigenvalue weighted by molar-refractivity contribution is 7.46. The van der Waals surface area contributed by atoms with Gasteiger partial charge in [0.2, 0.25) is 0 Å².